The van der Waals surface area contributed by atoms with E-state index in [-0.39, 0.29) is 11.9 Å². The van der Waals surface area contributed by atoms with Crippen LogP contribution >= 0.6 is 0 Å². The Bertz CT molecular complexity index is 435. The van der Waals surface area contributed by atoms with Gasteiger partial charge in [-0.05, 0) is 18.6 Å². The Morgan fingerprint density at radius 2 is 2.19 bits per heavy atom. The van der Waals surface area contributed by atoms with E-state index in [2.05, 4.69) is 0 Å². The van der Waals surface area contributed by atoms with Gasteiger partial charge in [-0.25, -0.2) is 0 Å². The summed E-state index contributed by atoms with van der Waals surface area (Å²) in [5.74, 6) is 0.472. The Morgan fingerprint density at radius 3 is 2.88 bits per heavy atom. The molecule has 16 heavy (non-hydrogen) atoms. The molecule has 1 aromatic carbocycles. The minimum Gasteiger partial charge on any atom is -0.515 e. The first-order valence-electron chi connectivity index (χ1n) is 5.42. The molecule has 1 aliphatic heterocycles. The highest BCUT2D eigenvalue weighted by Crippen LogP contribution is 2.31. The van der Waals surface area contributed by atoms with Gasteiger partial charge in [-0.2, -0.15) is 0 Å². The monoisotopic (exact) mass is 218 g/mol. The largest absolute Gasteiger partial charge is 0.515 e. The van der Waals surface area contributed by atoms with Crippen molar-refractivity contribution in [1.82, 2.24) is 0 Å². The van der Waals surface area contributed by atoms with E-state index in [9.17, 15) is 4.79 Å². The van der Waals surface area contributed by atoms with Gasteiger partial charge in [-0.3, -0.25) is 4.79 Å². The molecule has 0 bridgehead atoms. The normalized spacial score (nSPS) is 21.7. The van der Waals surface area contributed by atoms with Crippen LogP contribution in [0.3, 0.4) is 0 Å². The van der Waals surface area contributed by atoms with Crippen molar-refractivity contribution in [2.75, 3.05) is 0 Å². The fraction of sp³-hybridized carbons (Fsp3) is 0.308. The molecule has 0 amide bonds. The molecule has 3 nitrogen and oxygen atoms in total. The van der Waals surface area contributed by atoms with Crippen LogP contribution in [0, 0.1) is 0 Å². The number of fused-ring (bicyclic) bond motifs is 1. The van der Waals surface area contributed by atoms with Crippen LogP contribution in [0.1, 0.15) is 30.1 Å². The number of Topliss-reactive ketones (excluding diaryl/α,β-unsaturated/α-hetero) is 1. The summed E-state index contributed by atoms with van der Waals surface area (Å²) in [7, 11) is 0. The third kappa shape index (κ3) is 1.69. The van der Waals surface area contributed by atoms with Crippen LogP contribution in [-0.4, -0.2) is 17.0 Å². The quantitative estimate of drug-likeness (QED) is 0.613. The average Bonchev–Trinajstić information content (AvgIpc) is 2.30. The Kier molecular flexibility index (Phi) is 2.95. The van der Waals surface area contributed by atoms with Gasteiger partial charge in [0.2, 0.25) is 0 Å². The molecule has 3 heteroatoms. The van der Waals surface area contributed by atoms with Gasteiger partial charge < -0.3 is 9.84 Å². The lowest BCUT2D eigenvalue weighted by Gasteiger charge is -2.26. The number of carbonyl (C=O) groups excluding carboxylic acids is 1. The standard InChI is InChI=1S/C13H14O3/c1-2-5-11-10(8-14)13(15)9-6-3-4-7-12(9)16-11/h3-4,6-8,11,14H,2,5H2,1H3/b10-8+. The van der Waals surface area contributed by atoms with Crippen LogP contribution in [-0.2, 0) is 0 Å². The van der Waals surface area contributed by atoms with E-state index < -0.39 is 0 Å². The molecule has 0 aromatic heterocycles. The third-order valence-corrected chi connectivity index (χ3v) is 2.70. The summed E-state index contributed by atoms with van der Waals surface area (Å²) in [5, 5.41) is 9.12. The van der Waals surface area contributed by atoms with Crippen LogP contribution < -0.4 is 4.74 Å². The topological polar surface area (TPSA) is 46.5 Å². The first-order valence-corrected chi connectivity index (χ1v) is 5.42. The summed E-state index contributed by atoms with van der Waals surface area (Å²) in [5.41, 5.74) is 0.871. The number of aliphatic hydroxyl groups is 1. The number of aliphatic hydroxyl groups excluding tert-OH is 1. The smallest absolute Gasteiger partial charge is 0.199 e. The molecule has 0 spiro atoms. The van der Waals surface area contributed by atoms with Gasteiger partial charge >= 0.3 is 0 Å². The zero-order valence-corrected chi connectivity index (χ0v) is 9.14. The minimum absolute atomic E-state index is 0.136. The van der Waals surface area contributed by atoms with Crippen molar-refractivity contribution in [3.05, 3.63) is 41.7 Å². The van der Waals surface area contributed by atoms with E-state index in [1.165, 1.54) is 0 Å². The van der Waals surface area contributed by atoms with Crippen molar-refractivity contribution in [3.8, 4) is 5.75 Å². The van der Waals surface area contributed by atoms with E-state index in [4.69, 9.17) is 9.84 Å². The molecule has 0 saturated heterocycles. The van der Waals surface area contributed by atoms with Crippen LogP contribution in [0.25, 0.3) is 0 Å². The van der Waals surface area contributed by atoms with Gasteiger partial charge in [0.05, 0.1) is 17.4 Å². The molecule has 1 unspecified atom stereocenters. The number of hydrogen-bond acceptors (Lipinski definition) is 3. The molecule has 0 fully saturated rings. The second-order valence-electron chi connectivity index (χ2n) is 3.80. The maximum Gasteiger partial charge on any atom is 0.199 e. The summed E-state index contributed by atoms with van der Waals surface area (Å²) < 4.78 is 5.70. The van der Waals surface area contributed by atoms with Crippen LogP contribution in [0.4, 0.5) is 0 Å². The number of para-hydroxylation sites is 1. The van der Waals surface area contributed by atoms with Gasteiger partial charge in [-0.15, -0.1) is 0 Å². The fourth-order valence-electron chi connectivity index (χ4n) is 1.89. The van der Waals surface area contributed by atoms with E-state index >= 15 is 0 Å². The van der Waals surface area contributed by atoms with Crippen molar-refractivity contribution in [3.63, 3.8) is 0 Å². The zero-order valence-electron chi connectivity index (χ0n) is 9.14. The molecule has 0 radical (unpaired) electrons. The first kappa shape index (κ1) is 10.7. The lowest BCUT2D eigenvalue weighted by molar-refractivity contribution is 0.0949. The Hall–Kier alpha value is -1.77. The second kappa shape index (κ2) is 4.39. The van der Waals surface area contributed by atoms with E-state index in [1.807, 2.05) is 13.0 Å². The molecule has 1 aliphatic rings. The highest BCUT2D eigenvalue weighted by Gasteiger charge is 2.31. The fourth-order valence-corrected chi connectivity index (χ4v) is 1.89. The number of carbonyl (C=O) groups is 1. The minimum atomic E-state index is -0.322. The molecule has 1 N–H and O–H groups in total. The number of ether oxygens (including phenoxy) is 1. The number of benzene rings is 1. The van der Waals surface area contributed by atoms with Gasteiger partial charge in [0.1, 0.15) is 11.9 Å². The molecule has 0 saturated carbocycles. The Morgan fingerprint density at radius 1 is 1.44 bits per heavy atom. The summed E-state index contributed by atoms with van der Waals surface area (Å²) >= 11 is 0. The molecule has 0 aliphatic carbocycles. The van der Waals surface area contributed by atoms with E-state index in [0.717, 1.165) is 19.1 Å². The lowest BCUT2D eigenvalue weighted by atomic mass is 9.94. The lowest BCUT2D eigenvalue weighted by Crippen LogP contribution is -2.30. The van der Waals surface area contributed by atoms with E-state index in [1.54, 1.807) is 18.2 Å². The highest BCUT2D eigenvalue weighted by molar-refractivity contribution is 6.11. The zero-order chi connectivity index (χ0) is 11.5. The van der Waals surface area contributed by atoms with Crippen molar-refractivity contribution in [1.29, 1.82) is 0 Å². The Labute approximate surface area is 94.4 Å². The SMILES string of the molecule is CCCC1Oc2ccccc2C(=O)/C1=C/O. The van der Waals surface area contributed by atoms with Gasteiger partial charge in [-0.1, -0.05) is 25.5 Å². The highest BCUT2D eigenvalue weighted by atomic mass is 16.5. The predicted molar refractivity (Wildman–Crippen MR) is 60.8 cm³/mol. The molecule has 1 aromatic rings. The van der Waals surface area contributed by atoms with Gasteiger partial charge in [0, 0.05) is 0 Å². The second-order valence-corrected chi connectivity index (χ2v) is 3.80. The summed E-state index contributed by atoms with van der Waals surface area (Å²) in [6.07, 6.45) is 2.18. The number of ketones is 1. The molecule has 84 valence electrons. The van der Waals surface area contributed by atoms with Crippen molar-refractivity contribution in [2.24, 2.45) is 0 Å². The third-order valence-electron chi connectivity index (χ3n) is 2.70. The molecular weight excluding hydrogens is 204 g/mol. The molecule has 1 atom stereocenters. The Balaban J connectivity index is 2.42. The maximum atomic E-state index is 12.0. The van der Waals surface area contributed by atoms with Gasteiger partial charge in [0.25, 0.3) is 0 Å². The maximum absolute atomic E-state index is 12.0. The molecular formula is C13H14O3. The van der Waals surface area contributed by atoms with Crippen molar-refractivity contribution >= 4 is 5.78 Å². The predicted octanol–water partition coefficient (Wildman–Crippen LogP) is 2.87. The van der Waals surface area contributed by atoms with Gasteiger partial charge in [0.15, 0.2) is 5.78 Å². The molecule has 1 heterocycles. The first-order chi connectivity index (χ1) is 7.77. The number of rotatable bonds is 2. The summed E-state index contributed by atoms with van der Waals surface area (Å²) in [6, 6.07) is 7.12. The van der Waals surface area contributed by atoms with Crippen LogP contribution in [0.5, 0.6) is 5.75 Å². The number of hydrogen-bond donors (Lipinski definition) is 1. The summed E-state index contributed by atoms with van der Waals surface area (Å²) in [4.78, 5) is 12.0. The molecule has 2 rings (SSSR count). The van der Waals surface area contributed by atoms with Crippen molar-refractivity contribution in [2.45, 2.75) is 25.9 Å². The summed E-state index contributed by atoms with van der Waals surface area (Å²) in [6.45, 7) is 2.02. The van der Waals surface area contributed by atoms with Crippen LogP contribution in [0.15, 0.2) is 36.1 Å². The average molecular weight is 218 g/mol. The van der Waals surface area contributed by atoms with E-state index in [0.29, 0.717) is 16.9 Å². The van der Waals surface area contributed by atoms with Crippen LogP contribution in [0.2, 0.25) is 0 Å². The van der Waals surface area contributed by atoms with Crippen molar-refractivity contribution < 1.29 is 14.6 Å².